The van der Waals surface area contributed by atoms with Crippen LogP contribution >= 0.6 is 0 Å². The van der Waals surface area contributed by atoms with Crippen molar-refractivity contribution in [2.75, 3.05) is 31.1 Å². The molecule has 7 nitrogen and oxygen atoms in total. The van der Waals surface area contributed by atoms with E-state index in [1.54, 1.807) is 11.8 Å². The zero-order chi connectivity index (χ0) is 18.9. The summed E-state index contributed by atoms with van der Waals surface area (Å²) in [7, 11) is 0. The lowest BCUT2D eigenvalue weighted by Gasteiger charge is -2.34. The summed E-state index contributed by atoms with van der Waals surface area (Å²) in [4.78, 5) is 16.1. The van der Waals surface area contributed by atoms with Gasteiger partial charge in [-0.3, -0.25) is 4.90 Å². The summed E-state index contributed by atoms with van der Waals surface area (Å²) in [6, 6.07) is 0.960. The van der Waals surface area contributed by atoms with E-state index >= 15 is 0 Å². The molecule has 0 N–H and O–H groups in total. The Morgan fingerprint density at radius 2 is 1.81 bits per heavy atom. The number of halogens is 3. The van der Waals surface area contributed by atoms with Gasteiger partial charge in [0.05, 0.1) is 6.54 Å². The van der Waals surface area contributed by atoms with Gasteiger partial charge in [-0.25, -0.2) is 9.97 Å². The van der Waals surface area contributed by atoms with Crippen LogP contribution < -0.4 is 4.90 Å². The van der Waals surface area contributed by atoms with Crippen LogP contribution in [-0.2, 0) is 12.7 Å². The monoisotopic (exact) mass is 370 g/mol. The molecule has 1 fully saturated rings. The molecular formula is C16H21F3N6O. The van der Waals surface area contributed by atoms with E-state index in [4.69, 9.17) is 4.52 Å². The first-order chi connectivity index (χ1) is 12.2. The molecule has 2 aromatic rings. The van der Waals surface area contributed by atoms with Crippen LogP contribution in [0.4, 0.5) is 19.1 Å². The fourth-order valence-electron chi connectivity index (χ4n) is 2.70. The molecule has 1 saturated heterocycles. The molecule has 0 aromatic carbocycles. The third-order valence-electron chi connectivity index (χ3n) is 4.15. The quantitative estimate of drug-likeness (QED) is 0.819. The number of aromatic nitrogens is 4. The molecule has 0 spiro atoms. The van der Waals surface area contributed by atoms with Crippen LogP contribution in [0.2, 0.25) is 0 Å². The van der Waals surface area contributed by atoms with Gasteiger partial charge in [0, 0.05) is 37.8 Å². The van der Waals surface area contributed by atoms with E-state index in [1.807, 2.05) is 13.8 Å². The smallest absolute Gasteiger partial charge is 0.338 e. The van der Waals surface area contributed by atoms with Crippen molar-refractivity contribution >= 4 is 5.95 Å². The van der Waals surface area contributed by atoms with Crippen molar-refractivity contribution < 1.29 is 17.7 Å². The highest BCUT2D eigenvalue weighted by Gasteiger charge is 2.34. The first-order valence-electron chi connectivity index (χ1n) is 8.45. The Morgan fingerprint density at radius 3 is 2.38 bits per heavy atom. The summed E-state index contributed by atoms with van der Waals surface area (Å²) in [5.74, 6) is 1.54. The Hall–Kier alpha value is -2.23. The van der Waals surface area contributed by atoms with Gasteiger partial charge in [-0.05, 0) is 13.0 Å². The fourth-order valence-corrected chi connectivity index (χ4v) is 2.70. The Kier molecular flexibility index (Phi) is 5.12. The van der Waals surface area contributed by atoms with Crippen LogP contribution in [0.15, 0.2) is 10.6 Å². The van der Waals surface area contributed by atoms with Gasteiger partial charge >= 0.3 is 6.18 Å². The van der Waals surface area contributed by atoms with E-state index in [2.05, 4.69) is 25.0 Å². The topological polar surface area (TPSA) is 71.2 Å². The highest BCUT2D eigenvalue weighted by atomic mass is 19.4. The number of hydrogen-bond donors (Lipinski definition) is 0. The average molecular weight is 370 g/mol. The molecule has 26 heavy (non-hydrogen) atoms. The van der Waals surface area contributed by atoms with Gasteiger partial charge < -0.3 is 9.42 Å². The third kappa shape index (κ3) is 4.29. The molecule has 3 rings (SSSR count). The van der Waals surface area contributed by atoms with E-state index in [0.717, 1.165) is 6.07 Å². The van der Waals surface area contributed by atoms with Crippen LogP contribution in [0.5, 0.6) is 0 Å². The number of hydrogen-bond acceptors (Lipinski definition) is 7. The molecule has 0 saturated carbocycles. The molecule has 3 heterocycles. The predicted molar refractivity (Wildman–Crippen MR) is 87.6 cm³/mol. The van der Waals surface area contributed by atoms with Crippen molar-refractivity contribution in [3.05, 3.63) is 29.2 Å². The highest BCUT2D eigenvalue weighted by molar-refractivity contribution is 5.33. The van der Waals surface area contributed by atoms with Crippen molar-refractivity contribution in [1.82, 2.24) is 25.0 Å². The second kappa shape index (κ2) is 7.18. The number of anilines is 1. The Morgan fingerprint density at radius 1 is 1.12 bits per heavy atom. The molecular weight excluding hydrogens is 349 g/mol. The van der Waals surface area contributed by atoms with Gasteiger partial charge in [-0.2, -0.15) is 18.2 Å². The van der Waals surface area contributed by atoms with Crippen molar-refractivity contribution in [3.8, 4) is 0 Å². The zero-order valence-electron chi connectivity index (χ0n) is 14.9. The second-order valence-corrected chi connectivity index (χ2v) is 6.66. The van der Waals surface area contributed by atoms with Gasteiger partial charge in [0.25, 0.3) is 0 Å². The van der Waals surface area contributed by atoms with Crippen LogP contribution in [-0.4, -0.2) is 51.2 Å². The van der Waals surface area contributed by atoms with E-state index in [0.29, 0.717) is 50.1 Å². The number of aryl methyl sites for hydroxylation is 1. The highest BCUT2D eigenvalue weighted by Crippen LogP contribution is 2.29. The first kappa shape index (κ1) is 18.6. The minimum Gasteiger partial charge on any atom is -0.338 e. The summed E-state index contributed by atoms with van der Waals surface area (Å²) in [5.41, 5.74) is -0.605. The van der Waals surface area contributed by atoms with E-state index in [9.17, 15) is 13.2 Å². The molecule has 0 amide bonds. The Labute approximate surface area is 149 Å². The second-order valence-electron chi connectivity index (χ2n) is 6.66. The molecule has 0 bridgehead atoms. The Balaban J connectivity index is 1.62. The third-order valence-corrected chi connectivity index (χ3v) is 4.15. The van der Waals surface area contributed by atoms with Gasteiger partial charge in [-0.15, -0.1) is 0 Å². The molecule has 0 atom stereocenters. The van der Waals surface area contributed by atoms with Gasteiger partial charge in [-0.1, -0.05) is 19.0 Å². The van der Waals surface area contributed by atoms with Crippen LogP contribution in [0.3, 0.4) is 0 Å². The number of alkyl halides is 3. The summed E-state index contributed by atoms with van der Waals surface area (Å²) in [5, 5.41) is 3.94. The molecule has 1 aliphatic rings. The van der Waals surface area contributed by atoms with Gasteiger partial charge in [0.15, 0.2) is 5.82 Å². The van der Waals surface area contributed by atoms with Crippen molar-refractivity contribution in [2.45, 2.75) is 39.4 Å². The molecule has 142 valence electrons. The minimum atomic E-state index is -4.48. The van der Waals surface area contributed by atoms with E-state index < -0.39 is 11.9 Å². The number of nitrogens with zero attached hydrogens (tertiary/aromatic N) is 6. The summed E-state index contributed by atoms with van der Waals surface area (Å²) < 4.78 is 44.1. The van der Waals surface area contributed by atoms with Crippen molar-refractivity contribution in [1.29, 1.82) is 0 Å². The van der Waals surface area contributed by atoms with Crippen LogP contribution in [0, 0.1) is 6.92 Å². The van der Waals surface area contributed by atoms with Crippen molar-refractivity contribution in [3.63, 3.8) is 0 Å². The molecule has 0 unspecified atom stereocenters. The Bertz CT molecular complexity index is 753. The minimum absolute atomic E-state index is 0.122. The molecule has 2 aromatic heterocycles. The predicted octanol–water partition coefficient (Wildman–Crippen LogP) is 2.63. The summed E-state index contributed by atoms with van der Waals surface area (Å²) in [6.07, 6.45) is -4.48. The summed E-state index contributed by atoms with van der Waals surface area (Å²) >= 11 is 0. The number of piperazine rings is 1. The normalized spacial score (nSPS) is 16.5. The lowest BCUT2D eigenvalue weighted by molar-refractivity contribution is -0.141. The first-order valence-corrected chi connectivity index (χ1v) is 8.45. The largest absolute Gasteiger partial charge is 0.433 e. The van der Waals surface area contributed by atoms with Crippen LogP contribution in [0.25, 0.3) is 0 Å². The maximum absolute atomic E-state index is 12.9. The maximum atomic E-state index is 12.9. The fraction of sp³-hybridized carbons (Fsp3) is 0.625. The van der Waals surface area contributed by atoms with Gasteiger partial charge in [0.1, 0.15) is 5.69 Å². The number of rotatable bonds is 4. The average Bonchev–Trinajstić information content (AvgIpc) is 3.03. The van der Waals surface area contributed by atoms with E-state index in [1.165, 1.54) is 0 Å². The maximum Gasteiger partial charge on any atom is 0.433 e. The molecule has 10 heteroatoms. The molecule has 0 aliphatic carbocycles. The standard InChI is InChI=1S/C16H21F3N6O/c1-10(2)14-22-13(26-23-14)9-24-4-6-25(7-5-24)15-20-11(3)8-12(21-15)16(17,18)19/h8,10H,4-7,9H2,1-3H3. The summed E-state index contributed by atoms with van der Waals surface area (Å²) in [6.45, 7) is 8.41. The lowest BCUT2D eigenvalue weighted by Crippen LogP contribution is -2.46. The SMILES string of the molecule is Cc1cc(C(F)(F)F)nc(N2CCN(Cc3nc(C(C)C)no3)CC2)n1. The molecule has 1 aliphatic heterocycles. The van der Waals surface area contributed by atoms with Crippen LogP contribution in [0.1, 0.15) is 42.9 Å². The van der Waals surface area contributed by atoms with Gasteiger partial charge in [0.2, 0.25) is 11.8 Å². The lowest BCUT2D eigenvalue weighted by atomic mass is 10.2. The molecule has 0 radical (unpaired) electrons. The van der Waals surface area contributed by atoms with E-state index in [-0.39, 0.29) is 11.9 Å². The zero-order valence-corrected chi connectivity index (χ0v) is 14.9. The van der Waals surface area contributed by atoms with Crippen molar-refractivity contribution in [2.24, 2.45) is 0 Å².